The molecule has 11 heteroatoms. The van der Waals surface area contributed by atoms with Crippen LogP contribution in [0.2, 0.25) is 0 Å². The molecule has 0 saturated carbocycles. The van der Waals surface area contributed by atoms with Gasteiger partial charge in [-0.3, -0.25) is 9.59 Å². The number of likely N-dealkylation sites (tertiary alicyclic amines) is 1. The Balaban J connectivity index is 0.000000445. The molecule has 1 aliphatic rings. The van der Waals surface area contributed by atoms with E-state index in [1.54, 1.807) is 17.2 Å². The third-order valence-electron chi connectivity index (χ3n) is 3.72. The molecule has 2 heterocycles. The van der Waals surface area contributed by atoms with E-state index in [2.05, 4.69) is 5.32 Å². The van der Waals surface area contributed by atoms with E-state index in [0.717, 1.165) is 5.76 Å². The summed E-state index contributed by atoms with van der Waals surface area (Å²) in [6, 6.07) is 3.07. The lowest BCUT2D eigenvalue weighted by molar-refractivity contribution is -0.192. The highest BCUT2D eigenvalue weighted by atomic mass is 19.4. The third kappa shape index (κ3) is 7.29. The predicted octanol–water partition coefficient (Wildman–Crippen LogP) is 0.910. The molecule has 0 spiro atoms. The number of rotatable bonds is 5. The smallest absolute Gasteiger partial charge is 0.475 e. The molecule has 1 saturated heterocycles. The molecule has 152 valence electrons. The molecule has 0 unspecified atom stereocenters. The summed E-state index contributed by atoms with van der Waals surface area (Å²) < 4.78 is 36.9. The summed E-state index contributed by atoms with van der Waals surface area (Å²) in [6.45, 7) is 2.85. The van der Waals surface area contributed by atoms with Gasteiger partial charge in [-0.25, -0.2) is 4.79 Å². The summed E-state index contributed by atoms with van der Waals surface area (Å²) in [4.78, 5) is 34.7. The van der Waals surface area contributed by atoms with Crippen LogP contribution in [0, 0.1) is 0 Å². The van der Waals surface area contributed by atoms with Crippen molar-refractivity contribution in [3.63, 3.8) is 0 Å². The molecule has 4 N–H and O–H groups in total. The van der Waals surface area contributed by atoms with E-state index in [0.29, 0.717) is 32.4 Å². The number of halogens is 3. The first-order chi connectivity index (χ1) is 12.6. The van der Waals surface area contributed by atoms with Crippen LogP contribution >= 0.6 is 0 Å². The molecule has 2 atom stereocenters. The van der Waals surface area contributed by atoms with Crippen LogP contribution in [0.15, 0.2) is 22.8 Å². The van der Waals surface area contributed by atoms with Crippen molar-refractivity contribution in [1.29, 1.82) is 0 Å². The lowest BCUT2D eigenvalue weighted by Crippen LogP contribution is -2.46. The molecule has 0 radical (unpaired) electrons. The minimum absolute atomic E-state index is 0.0504. The van der Waals surface area contributed by atoms with Crippen molar-refractivity contribution in [3.05, 3.63) is 24.2 Å². The zero-order valence-electron chi connectivity index (χ0n) is 14.7. The number of nitrogens with two attached hydrogens (primary N) is 1. The molecule has 2 rings (SSSR count). The number of hydrogen-bond donors (Lipinski definition) is 3. The number of nitrogens with zero attached hydrogens (tertiary/aromatic N) is 1. The number of carbonyl (C=O) groups excluding carboxylic acids is 2. The molecule has 27 heavy (non-hydrogen) atoms. The fourth-order valence-corrected chi connectivity index (χ4v) is 2.51. The SMILES string of the molecule is CCNC(=O)[C@@H]1C[C@@H](N)CN1C(=O)CCc1ccco1.O=C(O)C(F)(F)F. The summed E-state index contributed by atoms with van der Waals surface area (Å²) in [5.41, 5.74) is 5.89. The zero-order valence-corrected chi connectivity index (χ0v) is 14.7. The number of alkyl halides is 3. The summed E-state index contributed by atoms with van der Waals surface area (Å²) in [5, 5.41) is 9.88. The van der Waals surface area contributed by atoms with Crippen LogP contribution in [-0.4, -0.2) is 59.1 Å². The predicted molar refractivity (Wildman–Crippen MR) is 87.5 cm³/mol. The molecule has 0 aliphatic carbocycles. The number of amides is 2. The Morgan fingerprint density at radius 3 is 2.52 bits per heavy atom. The summed E-state index contributed by atoms with van der Waals surface area (Å²) in [6.07, 6.45) is -2.10. The largest absolute Gasteiger partial charge is 0.490 e. The Labute approximate surface area is 153 Å². The Kier molecular flexibility index (Phi) is 8.29. The summed E-state index contributed by atoms with van der Waals surface area (Å²) >= 11 is 0. The molecule has 1 aliphatic heterocycles. The highest BCUT2D eigenvalue weighted by Gasteiger charge is 2.38. The van der Waals surface area contributed by atoms with E-state index < -0.39 is 18.2 Å². The van der Waals surface area contributed by atoms with Crippen LogP contribution in [-0.2, 0) is 20.8 Å². The number of hydrogen-bond acceptors (Lipinski definition) is 5. The third-order valence-corrected chi connectivity index (χ3v) is 3.72. The van der Waals surface area contributed by atoms with Gasteiger partial charge in [0, 0.05) is 32.0 Å². The first-order valence-corrected chi connectivity index (χ1v) is 8.21. The first kappa shape index (κ1) is 22.5. The van der Waals surface area contributed by atoms with Gasteiger partial charge in [-0.2, -0.15) is 13.2 Å². The number of nitrogens with one attached hydrogen (secondary N) is 1. The average molecular weight is 393 g/mol. The van der Waals surface area contributed by atoms with Crippen LogP contribution in [0.4, 0.5) is 13.2 Å². The minimum atomic E-state index is -5.08. The molecule has 0 aromatic carbocycles. The lowest BCUT2D eigenvalue weighted by Gasteiger charge is -2.23. The van der Waals surface area contributed by atoms with Crippen LogP contribution in [0.1, 0.15) is 25.5 Å². The molecular weight excluding hydrogens is 371 g/mol. The molecule has 1 fully saturated rings. The molecule has 1 aromatic heterocycles. The Hall–Kier alpha value is -2.56. The molecular formula is C16H22F3N3O5. The van der Waals surface area contributed by atoms with Gasteiger partial charge in [0.25, 0.3) is 0 Å². The number of aliphatic carboxylic acids is 1. The van der Waals surface area contributed by atoms with Gasteiger partial charge >= 0.3 is 12.1 Å². The molecule has 1 aromatic rings. The van der Waals surface area contributed by atoms with Crippen molar-refractivity contribution >= 4 is 17.8 Å². The normalized spacial score (nSPS) is 19.2. The van der Waals surface area contributed by atoms with Gasteiger partial charge in [0.05, 0.1) is 6.26 Å². The van der Waals surface area contributed by atoms with Crippen LogP contribution in [0.25, 0.3) is 0 Å². The van der Waals surface area contributed by atoms with Crippen molar-refractivity contribution in [1.82, 2.24) is 10.2 Å². The number of furan rings is 1. The van der Waals surface area contributed by atoms with E-state index >= 15 is 0 Å². The van der Waals surface area contributed by atoms with E-state index in [4.69, 9.17) is 20.1 Å². The zero-order chi connectivity index (χ0) is 20.6. The number of carboxylic acid groups (broad SMARTS) is 1. The van der Waals surface area contributed by atoms with Gasteiger partial charge in [0.1, 0.15) is 11.8 Å². The summed E-state index contributed by atoms with van der Waals surface area (Å²) in [5.74, 6) is -2.15. The van der Waals surface area contributed by atoms with Gasteiger partial charge in [-0.15, -0.1) is 0 Å². The molecule has 2 amide bonds. The van der Waals surface area contributed by atoms with Crippen molar-refractivity contribution < 1.29 is 37.1 Å². The highest BCUT2D eigenvalue weighted by Crippen LogP contribution is 2.19. The second-order valence-corrected chi connectivity index (χ2v) is 5.83. The fourth-order valence-electron chi connectivity index (χ4n) is 2.51. The van der Waals surface area contributed by atoms with Gasteiger partial charge in [0.15, 0.2) is 0 Å². The quantitative estimate of drug-likeness (QED) is 0.683. The summed E-state index contributed by atoms with van der Waals surface area (Å²) in [7, 11) is 0. The second-order valence-electron chi connectivity index (χ2n) is 5.83. The van der Waals surface area contributed by atoms with Crippen molar-refractivity contribution in [2.24, 2.45) is 5.73 Å². The lowest BCUT2D eigenvalue weighted by atomic mass is 10.1. The van der Waals surface area contributed by atoms with E-state index in [-0.39, 0.29) is 17.9 Å². The topological polar surface area (TPSA) is 126 Å². The maximum absolute atomic E-state index is 12.3. The average Bonchev–Trinajstić information content (AvgIpc) is 3.22. The van der Waals surface area contributed by atoms with Crippen LogP contribution in [0.3, 0.4) is 0 Å². The number of carbonyl (C=O) groups is 3. The highest BCUT2D eigenvalue weighted by molar-refractivity contribution is 5.88. The van der Waals surface area contributed by atoms with Crippen molar-refractivity contribution in [3.8, 4) is 0 Å². The number of likely N-dealkylation sites (N-methyl/N-ethyl adjacent to an activating group) is 1. The van der Waals surface area contributed by atoms with Gasteiger partial charge < -0.3 is 25.5 Å². The van der Waals surface area contributed by atoms with Gasteiger partial charge in [0.2, 0.25) is 11.8 Å². The maximum atomic E-state index is 12.3. The van der Waals surface area contributed by atoms with E-state index in [1.165, 1.54) is 0 Å². The Bertz CT molecular complexity index is 634. The van der Waals surface area contributed by atoms with Crippen molar-refractivity contribution in [2.75, 3.05) is 13.1 Å². The van der Waals surface area contributed by atoms with Gasteiger partial charge in [-0.05, 0) is 25.5 Å². The van der Waals surface area contributed by atoms with E-state index in [1.807, 2.05) is 13.0 Å². The standard InChI is InChI=1S/C14H21N3O3.C2HF3O2/c1-2-16-14(19)12-8-10(15)9-17(12)13(18)6-5-11-4-3-7-20-11;3-2(4,5)1(6)7/h3-4,7,10,12H,2,5-6,8-9,15H2,1H3,(H,16,19);(H,6,7)/t10-,12+;/m1./s1. The molecule has 8 nitrogen and oxygen atoms in total. The fraction of sp³-hybridized carbons (Fsp3) is 0.562. The molecule has 0 bridgehead atoms. The van der Waals surface area contributed by atoms with E-state index in [9.17, 15) is 22.8 Å². The maximum Gasteiger partial charge on any atom is 0.490 e. The van der Waals surface area contributed by atoms with Gasteiger partial charge in [-0.1, -0.05) is 0 Å². The van der Waals surface area contributed by atoms with Crippen LogP contribution < -0.4 is 11.1 Å². The minimum Gasteiger partial charge on any atom is -0.475 e. The second kappa shape index (κ2) is 9.95. The number of carboxylic acids is 1. The Morgan fingerprint density at radius 1 is 1.41 bits per heavy atom. The van der Waals surface area contributed by atoms with Crippen LogP contribution in [0.5, 0.6) is 0 Å². The van der Waals surface area contributed by atoms with Crippen molar-refractivity contribution in [2.45, 2.75) is 44.4 Å². The first-order valence-electron chi connectivity index (χ1n) is 8.21. The monoisotopic (exact) mass is 393 g/mol. The Morgan fingerprint density at radius 2 is 2.04 bits per heavy atom. The number of aryl methyl sites for hydroxylation is 1.